The van der Waals surface area contributed by atoms with Crippen molar-refractivity contribution in [2.24, 2.45) is 0 Å². The number of methoxy groups -OCH3 is 1. The van der Waals surface area contributed by atoms with E-state index in [4.69, 9.17) is 4.74 Å². The Morgan fingerprint density at radius 2 is 2.36 bits per heavy atom. The summed E-state index contributed by atoms with van der Waals surface area (Å²) in [6.07, 6.45) is 6.85. The lowest BCUT2D eigenvalue weighted by Gasteiger charge is -2.02. The van der Waals surface area contributed by atoms with Gasteiger partial charge < -0.3 is 4.74 Å². The highest BCUT2D eigenvalue weighted by molar-refractivity contribution is 5.13. The van der Waals surface area contributed by atoms with Crippen molar-refractivity contribution in [3.05, 3.63) is 36.7 Å². The third-order valence-electron chi connectivity index (χ3n) is 1.73. The zero-order chi connectivity index (χ0) is 9.80. The van der Waals surface area contributed by atoms with Crippen molar-refractivity contribution in [1.29, 1.82) is 0 Å². The number of hydrogen-bond acceptors (Lipinski definition) is 4. The lowest BCUT2D eigenvalue weighted by Crippen LogP contribution is -2.01. The van der Waals surface area contributed by atoms with Gasteiger partial charge >= 0.3 is 0 Å². The molecule has 14 heavy (non-hydrogen) atoms. The van der Waals surface area contributed by atoms with Crippen molar-refractivity contribution in [2.75, 3.05) is 7.11 Å². The molecule has 2 heterocycles. The van der Waals surface area contributed by atoms with Crippen LogP contribution in [0.4, 0.5) is 0 Å². The van der Waals surface area contributed by atoms with Crippen molar-refractivity contribution in [2.45, 2.75) is 6.61 Å². The molecule has 2 rings (SSSR count). The second-order valence-electron chi connectivity index (χ2n) is 2.75. The summed E-state index contributed by atoms with van der Waals surface area (Å²) in [6.45, 7) is 0.490. The molecule has 2 aromatic rings. The molecule has 72 valence electrons. The standard InChI is InChI=1S/C9H10N4O/c1-14-6-8-2-3-11-9(12-8)13-5-4-10-7-13/h2-5,7H,6H2,1H3. The molecule has 0 aliphatic heterocycles. The first-order chi connectivity index (χ1) is 6.90. The molecule has 0 radical (unpaired) electrons. The zero-order valence-corrected chi connectivity index (χ0v) is 7.79. The fourth-order valence-corrected chi connectivity index (χ4v) is 1.11. The molecule has 0 fully saturated rings. The Morgan fingerprint density at radius 3 is 3.07 bits per heavy atom. The Hall–Kier alpha value is -1.75. The number of imidazole rings is 1. The molecule has 5 heteroatoms. The molecule has 0 spiro atoms. The monoisotopic (exact) mass is 190 g/mol. The van der Waals surface area contributed by atoms with Crippen molar-refractivity contribution >= 4 is 0 Å². The van der Waals surface area contributed by atoms with Crippen LogP contribution in [0.3, 0.4) is 0 Å². The van der Waals surface area contributed by atoms with Gasteiger partial charge in [-0.2, -0.15) is 0 Å². The molecule has 0 amide bonds. The van der Waals surface area contributed by atoms with Crippen LogP contribution in [0.15, 0.2) is 31.0 Å². The summed E-state index contributed by atoms with van der Waals surface area (Å²) in [5, 5.41) is 0. The van der Waals surface area contributed by atoms with E-state index in [0.717, 1.165) is 5.69 Å². The van der Waals surface area contributed by atoms with Crippen LogP contribution in [-0.4, -0.2) is 26.6 Å². The fourth-order valence-electron chi connectivity index (χ4n) is 1.11. The van der Waals surface area contributed by atoms with Crippen molar-refractivity contribution in [1.82, 2.24) is 19.5 Å². The van der Waals surface area contributed by atoms with Crippen LogP contribution in [0, 0.1) is 0 Å². The molecule has 0 aliphatic carbocycles. The second-order valence-corrected chi connectivity index (χ2v) is 2.75. The van der Waals surface area contributed by atoms with E-state index in [0.29, 0.717) is 12.6 Å². The van der Waals surface area contributed by atoms with Gasteiger partial charge in [0.15, 0.2) is 0 Å². The average Bonchev–Trinajstić information content (AvgIpc) is 2.71. The van der Waals surface area contributed by atoms with E-state index in [-0.39, 0.29) is 0 Å². The Kier molecular flexibility index (Phi) is 2.51. The van der Waals surface area contributed by atoms with Gasteiger partial charge in [-0.25, -0.2) is 15.0 Å². The van der Waals surface area contributed by atoms with Gasteiger partial charge in [0.05, 0.1) is 12.3 Å². The topological polar surface area (TPSA) is 52.8 Å². The van der Waals surface area contributed by atoms with Crippen molar-refractivity contribution in [3.8, 4) is 5.95 Å². The summed E-state index contributed by atoms with van der Waals surface area (Å²) < 4.78 is 6.73. The van der Waals surface area contributed by atoms with E-state index in [2.05, 4.69) is 15.0 Å². The Bertz CT molecular complexity index is 399. The lowest BCUT2D eigenvalue weighted by molar-refractivity contribution is 0.181. The third kappa shape index (κ3) is 1.77. The molecule has 0 unspecified atom stereocenters. The molecule has 0 aromatic carbocycles. The average molecular weight is 190 g/mol. The van der Waals surface area contributed by atoms with Gasteiger partial charge in [0.1, 0.15) is 6.33 Å². The molecule has 0 aliphatic rings. The van der Waals surface area contributed by atoms with E-state index >= 15 is 0 Å². The summed E-state index contributed by atoms with van der Waals surface area (Å²) in [7, 11) is 1.64. The maximum absolute atomic E-state index is 4.99. The maximum Gasteiger partial charge on any atom is 0.235 e. The highest BCUT2D eigenvalue weighted by atomic mass is 16.5. The molecular weight excluding hydrogens is 180 g/mol. The van der Waals surface area contributed by atoms with Crippen LogP contribution >= 0.6 is 0 Å². The second kappa shape index (κ2) is 3.97. The molecule has 5 nitrogen and oxygen atoms in total. The smallest absolute Gasteiger partial charge is 0.235 e. The Labute approximate surface area is 81.4 Å². The van der Waals surface area contributed by atoms with E-state index in [1.54, 1.807) is 36.6 Å². The molecule has 0 atom stereocenters. The largest absolute Gasteiger partial charge is 0.378 e. The minimum absolute atomic E-state index is 0.490. The predicted octanol–water partition coefficient (Wildman–Crippen LogP) is 0.809. The number of ether oxygens (including phenoxy) is 1. The highest BCUT2D eigenvalue weighted by Gasteiger charge is 2.00. The normalized spacial score (nSPS) is 10.4. The molecule has 0 saturated carbocycles. The summed E-state index contributed by atoms with van der Waals surface area (Å²) >= 11 is 0. The van der Waals surface area contributed by atoms with Gasteiger partial charge in [-0.3, -0.25) is 4.57 Å². The lowest BCUT2D eigenvalue weighted by atomic mass is 10.4. The van der Waals surface area contributed by atoms with Gasteiger partial charge in [0.25, 0.3) is 0 Å². The van der Waals surface area contributed by atoms with E-state index < -0.39 is 0 Å². The van der Waals surface area contributed by atoms with Gasteiger partial charge in [-0.1, -0.05) is 0 Å². The van der Waals surface area contributed by atoms with Gasteiger partial charge in [-0.05, 0) is 6.07 Å². The summed E-state index contributed by atoms with van der Waals surface area (Å²) in [6, 6.07) is 1.82. The highest BCUT2D eigenvalue weighted by Crippen LogP contribution is 2.01. The minimum Gasteiger partial charge on any atom is -0.378 e. The first-order valence-corrected chi connectivity index (χ1v) is 4.19. The quantitative estimate of drug-likeness (QED) is 0.718. The van der Waals surface area contributed by atoms with Crippen LogP contribution in [0.5, 0.6) is 0 Å². The summed E-state index contributed by atoms with van der Waals surface area (Å²) in [5.41, 5.74) is 0.853. The number of rotatable bonds is 3. The van der Waals surface area contributed by atoms with E-state index in [9.17, 15) is 0 Å². The first-order valence-electron chi connectivity index (χ1n) is 4.19. The minimum atomic E-state index is 0.490. The van der Waals surface area contributed by atoms with E-state index in [1.807, 2.05) is 6.07 Å². The SMILES string of the molecule is COCc1ccnc(-n2ccnc2)n1. The molecule has 2 aromatic heterocycles. The third-order valence-corrected chi connectivity index (χ3v) is 1.73. The van der Waals surface area contributed by atoms with Gasteiger partial charge in [-0.15, -0.1) is 0 Å². The van der Waals surface area contributed by atoms with E-state index in [1.165, 1.54) is 0 Å². The van der Waals surface area contributed by atoms with Crippen LogP contribution < -0.4 is 0 Å². The Morgan fingerprint density at radius 1 is 1.43 bits per heavy atom. The van der Waals surface area contributed by atoms with Crippen LogP contribution in [0.2, 0.25) is 0 Å². The van der Waals surface area contributed by atoms with Gasteiger partial charge in [0.2, 0.25) is 5.95 Å². The molecular formula is C9H10N4O. The number of hydrogen-bond donors (Lipinski definition) is 0. The van der Waals surface area contributed by atoms with Crippen LogP contribution in [-0.2, 0) is 11.3 Å². The predicted molar refractivity (Wildman–Crippen MR) is 49.9 cm³/mol. The maximum atomic E-state index is 4.99. The van der Waals surface area contributed by atoms with Crippen LogP contribution in [0.25, 0.3) is 5.95 Å². The Balaban J connectivity index is 2.31. The molecule has 0 N–H and O–H groups in total. The van der Waals surface area contributed by atoms with Gasteiger partial charge in [0, 0.05) is 25.7 Å². The molecule has 0 bridgehead atoms. The number of nitrogens with zero attached hydrogens (tertiary/aromatic N) is 4. The molecule has 0 saturated heterocycles. The summed E-state index contributed by atoms with van der Waals surface area (Å²) in [5.74, 6) is 0.608. The fraction of sp³-hybridized carbons (Fsp3) is 0.222. The zero-order valence-electron chi connectivity index (χ0n) is 7.79. The van der Waals surface area contributed by atoms with Crippen molar-refractivity contribution in [3.63, 3.8) is 0 Å². The first kappa shape index (κ1) is 8.83. The number of aromatic nitrogens is 4. The summed E-state index contributed by atoms with van der Waals surface area (Å²) in [4.78, 5) is 12.3. The van der Waals surface area contributed by atoms with Crippen LogP contribution in [0.1, 0.15) is 5.69 Å². The van der Waals surface area contributed by atoms with Crippen molar-refractivity contribution < 1.29 is 4.74 Å².